The van der Waals surface area contributed by atoms with Crippen LogP contribution < -0.4 is 10.9 Å². The lowest BCUT2D eigenvalue weighted by atomic mass is 10.0. The Morgan fingerprint density at radius 1 is 1.19 bits per heavy atom. The molecule has 7 heteroatoms. The Labute approximate surface area is 160 Å². The van der Waals surface area contributed by atoms with Crippen molar-refractivity contribution in [2.24, 2.45) is 7.05 Å². The van der Waals surface area contributed by atoms with Gasteiger partial charge in [-0.05, 0) is 41.2 Å². The number of aryl methyl sites for hydroxylation is 1. The molecule has 6 nitrogen and oxygen atoms in total. The summed E-state index contributed by atoms with van der Waals surface area (Å²) in [5.74, 6) is -0.306. The van der Waals surface area contributed by atoms with Gasteiger partial charge in [-0.2, -0.15) is 0 Å². The number of aromatic nitrogens is 1. The molecule has 0 bridgehead atoms. The minimum Gasteiger partial charge on any atom is -0.457 e. The van der Waals surface area contributed by atoms with Crippen molar-refractivity contribution in [2.45, 2.75) is 18.6 Å². The number of pyridine rings is 1. The van der Waals surface area contributed by atoms with Gasteiger partial charge in [-0.1, -0.05) is 18.2 Å². The summed E-state index contributed by atoms with van der Waals surface area (Å²) in [6.07, 6.45) is 2.21. The number of hydrogen-bond donors (Lipinski definition) is 1. The van der Waals surface area contributed by atoms with Crippen LogP contribution in [0.3, 0.4) is 0 Å². The molecule has 0 aliphatic carbocycles. The second kappa shape index (κ2) is 8.05. The van der Waals surface area contributed by atoms with E-state index in [0.29, 0.717) is 23.0 Å². The summed E-state index contributed by atoms with van der Waals surface area (Å²) in [5.41, 5.74) is 1.22. The molecule has 0 amide bonds. The number of benzene rings is 1. The van der Waals surface area contributed by atoms with Crippen LogP contribution in [-0.2, 0) is 11.8 Å². The smallest absolute Gasteiger partial charge is 0.338 e. The van der Waals surface area contributed by atoms with E-state index in [1.807, 2.05) is 31.3 Å². The molecule has 0 radical (unpaired) electrons. The minimum atomic E-state index is -0.306. The van der Waals surface area contributed by atoms with Gasteiger partial charge in [-0.3, -0.25) is 4.79 Å². The van der Waals surface area contributed by atoms with Gasteiger partial charge in [0.15, 0.2) is 0 Å². The predicted molar refractivity (Wildman–Crippen MR) is 105 cm³/mol. The van der Waals surface area contributed by atoms with Crippen molar-refractivity contribution in [3.8, 4) is 0 Å². The zero-order chi connectivity index (χ0) is 18.7. The normalized spacial score (nSPS) is 20.6. The molecule has 138 valence electrons. The molecule has 1 aromatic carbocycles. The number of anilines is 1. The Morgan fingerprint density at radius 2 is 1.92 bits per heavy atom. The standard InChI is InChI=1S/C19H22BrN3O3/c1-22-11-14(21-16-8-9-23(2)18(24)17(16)20)10-15(12-22)26-19(25)13-6-4-3-5-7-13/h3-9,14-15,21H,10-12H2,1-2H3/t14-,15-/m1/s1. The number of rotatable bonds is 4. The first-order valence-corrected chi connectivity index (χ1v) is 9.29. The Bertz CT molecular complexity index is 838. The molecular formula is C19H22BrN3O3. The van der Waals surface area contributed by atoms with Gasteiger partial charge >= 0.3 is 5.97 Å². The van der Waals surface area contributed by atoms with Gasteiger partial charge in [0.05, 0.1) is 11.3 Å². The van der Waals surface area contributed by atoms with Gasteiger partial charge in [0.1, 0.15) is 10.6 Å². The highest BCUT2D eigenvalue weighted by atomic mass is 79.9. The highest BCUT2D eigenvalue weighted by Gasteiger charge is 2.28. The maximum absolute atomic E-state index is 12.3. The van der Waals surface area contributed by atoms with Crippen LogP contribution >= 0.6 is 15.9 Å². The van der Waals surface area contributed by atoms with Crippen LogP contribution in [0.25, 0.3) is 0 Å². The fourth-order valence-corrected chi connectivity index (χ4v) is 3.70. The number of ether oxygens (including phenoxy) is 1. The number of carbonyl (C=O) groups is 1. The highest BCUT2D eigenvalue weighted by Crippen LogP contribution is 2.22. The van der Waals surface area contributed by atoms with Crippen LogP contribution in [0.4, 0.5) is 5.69 Å². The predicted octanol–water partition coefficient (Wildman–Crippen LogP) is 2.49. The van der Waals surface area contributed by atoms with Crippen molar-refractivity contribution in [1.82, 2.24) is 9.47 Å². The molecule has 2 aromatic rings. The van der Waals surface area contributed by atoms with E-state index in [0.717, 1.165) is 12.2 Å². The topological polar surface area (TPSA) is 63.6 Å². The highest BCUT2D eigenvalue weighted by molar-refractivity contribution is 9.10. The fraction of sp³-hybridized carbons (Fsp3) is 0.368. The molecule has 1 N–H and O–H groups in total. The van der Waals surface area contributed by atoms with Crippen LogP contribution in [0.1, 0.15) is 16.8 Å². The summed E-state index contributed by atoms with van der Waals surface area (Å²) in [7, 11) is 3.71. The molecule has 1 aliphatic heterocycles. The van der Waals surface area contributed by atoms with Gasteiger partial charge in [0, 0.05) is 38.8 Å². The first-order chi connectivity index (χ1) is 12.4. The van der Waals surface area contributed by atoms with Crippen molar-refractivity contribution >= 4 is 27.6 Å². The summed E-state index contributed by atoms with van der Waals surface area (Å²) in [6, 6.07) is 11.0. The SMILES string of the molecule is CN1C[C@H](Nc2ccn(C)c(=O)c2Br)C[C@@H](OC(=O)c2ccccc2)C1. The van der Waals surface area contributed by atoms with E-state index in [9.17, 15) is 9.59 Å². The van der Waals surface area contributed by atoms with Crippen LogP contribution in [0.5, 0.6) is 0 Å². The number of likely N-dealkylation sites (N-methyl/N-ethyl adjacent to an activating group) is 1. The van der Waals surface area contributed by atoms with E-state index in [1.165, 1.54) is 4.57 Å². The first kappa shape index (κ1) is 18.7. The van der Waals surface area contributed by atoms with Crippen LogP contribution in [0.15, 0.2) is 51.9 Å². The average molecular weight is 420 g/mol. The molecule has 1 aliphatic rings. The van der Waals surface area contributed by atoms with E-state index in [2.05, 4.69) is 26.1 Å². The van der Waals surface area contributed by atoms with E-state index in [1.54, 1.807) is 25.4 Å². The number of hydrogen-bond acceptors (Lipinski definition) is 5. The van der Waals surface area contributed by atoms with Crippen molar-refractivity contribution in [2.75, 3.05) is 25.5 Å². The Kier molecular flexibility index (Phi) is 5.78. The maximum Gasteiger partial charge on any atom is 0.338 e. The summed E-state index contributed by atoms with van der Waals surface area (Å²) < 4.78 is 7.72. The van der Waals surface area contributed by atoms with Gasteiger partial charge < -0.3 is 19.5 Å². The molecule has 0 spiro atoms. The van der Waals surface area contributed by atoms with Crippen LogP contribution in [0, 0.1) is 0 Å². The number of halogens is 1. The van der Waals surface area contributed by atoms with Gasteiger partial charge in [0.25, 0.3) is 5.56 Å². The van der Waals surface area contributed by atoms with E-state index >= 15 is 0 Å². The Balaban J connectivity index is 1.68. The summed E-state index contributed by atoms with van der Waals surface area (Å²) >= 11 is 3.36. The van der Waals surface area contributed by atoms with E-state index in [-0.39, 0.29) is 23.7 Å². The second-order valence-electron chi connectivity index (χ2n) is 6.65. The monoisotopic (exact) mass is 419 g/mol. The average Bonchev–Trinajstić information content (AvgIpc) is 2.62. The lowest BCUT2D eigenvalue weighted by molar-refractivity contribution is 0.00883. The molecule has 1 fully saturated rings. The number of nitrogens with one attached hydrogen (secondary N) is 1. The zero-order valence-corrected chi connectivity index (χ0v) is 16.4. The summed E-state index contributed by atoms with van der Waals surface area (Å²) in [6.45, 7) is 1.50. The van der Waals surface area contributed by atoms with Crippen molar-refractivity contribution in [3.05, 3.63) is 63.0 Å². The third kappa shape index (κ3) is 4.34. The first-order valence-electron chi connectivity index (χ1n) is 8.50. The third-order valence-corrected chi connectivity index (χ3v) is 5.21. The largest absolute Gasteiger partial charge is 0.457 e. The molecule has 2 atom stereocenters. The Morgan fingerprint density at radius 3 is 2.65 bits per heavy atom. The summed E-state index contributed by atoms with van der Waals surface area (Å²) in [5, 5.41) is 3.40. The van der Waals surface area contributed by atoms with Crippen LogP contribution in [-0.4, -0.2) is 47.7 Å². The number of piperidine rings is 1. The molecule has 3 rings (SSSR count). The molecule has 0 unspecified atom stereocenters. The quantitative estimate of drug-likeness (QED) is 0.771. The fourth-order valence-electron chi connectivity index (χ4n) is 3.18. The molecular weight excluding hydrogens is 398 g/mol. The summed E-state index contributed by atoms with van der Waals surface area (Å²) in [4.78, 5) is 26.5. The molecule has 1 saturated heterocycles. The number of carbonyl (C=O) groups excluding carboxylic acids is 1. The lowest BCUT2D eigenvalue weighted by Crippen LogP contribution is -2.48. The van der Waals surface area contributed by atoms with Gasteiger partial charge in [-0.25, -0.2) is 4.79 Å². The maximum atomic E-state index is 12.3. The van der Waals surface area contributed by atoms with E-state index in [4.69, 9.17) is 4.74 Å². The molecule has 2 heterocycles. The molecule has 26 heavy (non-hydrogen) atoms. The molecule has 1 aromatic heterocycles. The molecule has 0 saturated carbocycles. The second-order valence-corrected chi connectivity index (χ2v) is 7.44. The number of nitrogens with zero attached hydrogens (tertiary/aromatic N) is 2. The number of esters is 1. The minimum absolute atomic E-state index is 0.0747. The van der Waals surface area contributed by atoms with Crippen molar-refractivity contribution in [3.63, 3.8) is 0 Å². The lowest BCUT2D eigenvalue weighted by Gasteiger charge is -2.36. The van der Waals surface area contributed by atoms with E-state index < -0.39 is 0 Å². The zero-order valence-electron chi connectivity index (χ0n) is 14.8. The van der Waals surface area contributed by atoms with Gasteiger partial charge in [0.2, 0.25) is 0 Å². The third-order valence-electron chi connectivity index (χ3n) is 4.45. The van der Waals surface area contributed by atoms with Crippen LogP contribution in [0.2, 0.25) is 0 Å². The number of likely N-dealkylation sites (tertiary alicyclic amines) is 1. The van der Waals surface area contributed by atoms with Gasteiger partial charge in [-0.15, -0.1) is 0 Å². The van der Waals surface area contributed by atoms with Crippen molar-refractivity contribution < 1.29 is 9.53 Å². The van der Waals surface area contributed by atoms with Crippen molar-refractivity contribution in [1.29, 1.82) is 0 Å². The Hall–Kier alpha value is -2.12.